The highest BCUT2D eigenvalue weighted by Gasteiger charge is 2.20. The van der Waals surface area contributed by atoms with Gasteiger partial charge < -0.3 is 20.3 Å². The van der Waals surface area contributed by atoms with E-state index in [0.717, 1.165) is 57.8 Å². The molecule has 0 aromatic carbocycles. The molecule has 0 heterocycles. The number of hydrogen-bond donors (Lipinski definition) is 3. The van der Waals surface area contributed by atoms with Gasteiger partial charge in [-0.2, -0.15) is 0 Å². The number of allylic oxidation sites excluding steroid dienone is 2. The standard InChI is InChI=1S/C54H105NO5/c1-3-5-7-9-11-13-15-17-19-20-21-22-24-28-32-36-40-44-48-54(59)60-49-45-41-37-33-29-25-27-31-35-39-43-47-53(58)55-51(50-56)52(57)46-42-38-34-30-26-23-18-16-14-12-10-8-6-4-2/h19-20,51-52,56-57H,3-18,21-50H2,1-2H3,(H,55,58)/b20-19-. The van der Waals surface area contributed by atoms with Crippen molar-refractivity contribution in [1.82, 2.24) is 5.32 Å². The van der Waals surface area contributed by atoms with Gasteiger partial charge >= 0.3 is 5.97 Å². The second-order valence-corrected chi connectivity index (χ2v) is 18.6. The molecule has 3 N–H and O–H groups in total. The molecular formula is C54H105NO5. The molecular weight excluding hydrogens is 743 g/mol. The molecule has 0 radical (unpaired) electrons. The van der Waals surface area contributed by atoms with Gasteiger partial charge in [-0.15, -0.1) is 0 Å². The van der Waals surface area contributed by atoms with Gasteiger partial charge in [0.1, 0.15) is 0 Å². The molecule has 0 bridgehead atoms. The van der Waals surface area contributed by atoms with Crippen molar-refractivity contribution in [1.29, 1.82) is 0 Å². The van der Waals surface area contributed by atoms with E-state index in [0.29, 0.717) is 25.9 Å². The first-order valence-electron chi connectivity index (χ1n) is 26.9. The summed E-state index contributed by atoms with van der Waals surface area (Å²) < 4.78 is 5.47. The van der Waals surface area contributed by atoms with Crippen molar-refractivity contribution in [2.75, 3.05) is 13.2 Å². The Balaban J connectivity index is 3.45. The predicted octanol–water partition coefficient (Wildman–Crippen LogP) is 16.1. The summed E-state index contributed by atoms with van der Waals surface area (Å²) in [7, 11) is 0. The number of rotatable bonds is 50. The smallest absolute Gasteiger partial charge is 0.305 e. The summed E-state index contributed by atoms with van der Waals surface area (Å²) in [6, 6.07) is -0.554. The lowest BCUT2D eigenvalue weighted by atomic mass is 10.0. The normalized spacial score (nSPS) is 12.7. The van der Waals surface area contributed by atoms with Crippen molar-refractivity contribution >= 4 is 11.9 Å². The molecule has 0 fully saturated rings. The van der Waals surface area contributed by atoms with Crippen LogP contribution in [0.1, 0.15) is 296 Å². The maximum Gasteiger partial charge on any atom is 0.305 e. The first-order chi connectivity index (χ1) is 29.5. The van der Waals surface area contributed by atoms with Gasteiger partial charge in [0.2, 0.25) is 5.91 Å². The fraction of sp³-hybridized carbons (Fsp3) is 0.926. The van der Waals surface area contributed by atoms with Gasteiger partial charge in [0, 0.05) is 12.8 Å². The molecule has 0 aromatic rings. The summed E-state index contributed by atoms with van der Waals surface area (Å²) in [5.74, 6) is -0.0688. The van der Waals surface area contributed by atoms with Crippen LogP contribution >= 0.6 is 0 Å². The molecule has 356 valence electrons. The van der Waals surface area contributed by atoms with E-state index in [1.807, 2.05) is 0 Å². The number of amides is 1. The van der Waals surface area contributed by atoms with Gasteiger partial charge in [0.15, 0.2) is 0 Å². The first kappa shape index (κ1) is 58.6. The number of carbonyl (C=O) groups excluding carboxylic acids is 2. The van der Waals surface area contributed by atoms with E-state index >= 15 is 0 Å². The molecule has 0 spiro atoms. The summed E-state index contributed by atoms with van der Waals surface area (Å²) in [6.45, 7) is 4.92. The Kier molecular flexibility index (Phi) is 49.1. The van der Waals surface area contributed by atoms with Crippen LogP contribution < -0.4 is 5.32 Å². The second-order valence-electron chi connectivity index (χ2n) is 18.6. The fourth-order valence-corrected chi connectivity index (χ4v) is 8.40. The molecule has 0 aliphatic heterocycles. The summed E-state index contributed by atoms with van der Waals surface area (Å²) in [4.78, 5) is 24.5. The number of esters is 1. The van der Waals surface area contributed by atoms with Crippen LogP contribution in [0.5, 0.6) is 0 Å². The largest absolute Gasteiger partial charge is 0.466 e. The number of ether oxygens (including phenoxy) is 1. The van der Waals surface area contributed by atoms with Crippen LogP contribution in [0.15, 0.2) is 12.2 Å². The average molecular weight is 848 g/mol. The van der Waals surface area contributed by atoms with Gasteiger partial charge in [-0.25, -0.2) is 0 Å². The minimum absolute atomic E-state index is 0.0161. The van der Waals surface area contributed by atoms with Crippen molar-refractivity contribution in [2.24, 2.45) is 0 Å². The zero-order valence-electron chi connectivity index (χ0n) is 40.5. The Bertz CT molecular complexity index is 893. The third kappa shape index (κ3) is 46.1. The van der Waals surface area contributed by atoms with Crippen molar-refractivity contribution in [3.05, 3.63) is 12.2 Å². The number of aliphatic hydroxyl groups excluding tert-OH is 2. The zero-order chi connectivity index (χ0) is 43.7. The monoisotopic (exact) mass is 848 g/mol. The highest BCUT2D eigenvalue weighted by molar-refractivity contribution is 5.76. The summed E-state index contributed by atoms with van der Waals surface area (Å²) >= 11 is 0. The molecule has 0 saturated heterocycles. The van der Waals surface area contributed by atoms with Crippen LogP contribution in [-0.2, 0) is 14.3 Å². The first-order valence-corrected chi connectivity index (χ1v) is 26.9. The van der Waals surface area contributed by atoms with E-state index in [-0.39, 0.29) is 18.5 Å². The molecule has 6 heteroatoms. The number of unbranched alkanes of at least 4 members (excludes halogenated alkanes) is 37. The van der Waals surface area contributed by atoms with Crippen LogP contribution in [0, 0.1) is 0 Å². The molecule has 0 rings (SSSR count). The summed E-state index contributed by atoms with van der Waals surface area (Å²) in [5, 5.41) is 23.2. The van der Waals surface area contributed by atoms with Crippen molar-refractivity contribution in [2.45, 2.75) is 309 Å². The van der Waals surface area contributed by atoms with E-state index in [1.165, 1.54) is 205 Å². The van der Waals surface area contributed by atoms with Crippen molar-refractivity contribution in [3.8, 4) is 0 Å². The Morgan fingerprint density at radius 2 is 0.783 bits per heavy atom. The van der Waals surface area contributed by atoms with Gasteiger partial charge in [-0.05, 0) is 51.4 Å². The van der Waals surface area contributed by atoms with E-state index in [2.05, 4.69) is 31.3 Å². The Morgan fingerprint density at radius 3 is 1.18 bits per heavy atom. The highest BCUT2D eigenvalue weighted by atomic mass is 16.5. The number of hydrogen-bond acceptors (Lipinski definition) is 5. The third-order valence-corrected chi connectivity index (χ3v) is 12.6. The van der Waals surface area contributed by atoms with Gasteiger partial charge in [0.05, 0.1) is 25.4 Å². The maximum atomic E-state index is 12.4. The molecule has 6 nitrogen and oxygen atoms in total. The SMILES string of the molecule is CCCCCCCCC/C=C\CCCCCCCCCC(=O)OCCCCCCCCCCCCCC(=O)NC(CO)C(O)CCCCCCCCCCCCCCCC. The lowest BCUT2D eigenvalue weighted by Gasteiger charge is -2.22. The van der Waals surface area contributed by atoms with Crippen LogP contribution in [-0.4, -0.2) is 47.4 Å². The van der Waals surface area contributed by atoms with E-state index in [4.69, 9.17) is 4.74 Å². The quantitative estimate of drug-likeness (QED) is 0.0322. The van der Waals surface area contributed by atoms with Crippen LogP contribution in [0.3, 0.4) is 0 Å². The van der Waals surface area contributed by atoms with Gasteiger partial charge in [0.25, 0.3) is 0 Å². The van der Waals surface area contributed by atoms with Crippen molar-refractivity contribution in [3.63, 3.8) is 0 Å². The van der Waals surface area contributed by atoms with Gasteiger partial charge in [-0.1, -0.05) is 244 Å². The number of nitrogens with one attached hydrogen (secondary N) is 1. The van der Waals surface area contributed by atoms with E-state index < -0.39 is 12.1 Å². The van der Waals surface area contributed by atoms with Gasteiger partial charge in [-0.3, -0.25) is 9.59 Å². The molecule has 0 aliphatic carbocycles. The number of aliphatic hydroxyl groups is 2. The highest BCUT2D eigenvalue weighted by Crippen LogP contribution is 2.17. The maximum absolute atomic E-state index is 12.4. The lowest BCUT2D eigenvalue weighted by Crippen LogP contribution is -2.45. The zero-order valence-corrected chi connectivity index (χ0v) is 40.5. The Labute approximate surface area is 374 Å². The molecule has 2 unspecified atom stereocenters. The second kappa shape index (κ2) is 50.2. The third-order valence-electron chi connectivity index (χ3n) is 12.6. The average Bonchev–Trinajstić information content (AvgIpc) is 3.25. The Hall–Kier alpha value is -1.40. The molecule has 2 atom stereocenters. The van der Waals surface area contributed by atoms with Crippen molar-refractivity contribution < 1.29 is 24.5 Å². The fourth-order valence-electron chi connectivity index (χ4n) is 8.40. The van der Waals surface area contributed by atoms with E-state index in [1.54, 1.807) is 0 Å². The minimum Gasteiger partial charge on any atom is -0.466 e. The molecule has 0 aliphatic rings. The summed E-state index contributed by atoms with van der Waals surface area (Å²) in [6.07, 6.45) is 57.5. The topological polar surface area (TPSA) is 95.9 Å². The van der Waals surface area contributed by atoms with Crippen LogP contribution in [0.25, 0.3) is 0 Å². The van der Waals surface area contributed by atoms with E-state index in [9.17, 15) is 19.8 Å². The number of carbonyl (C=O) groups is 2. The predicted molar refractivity (Wildman–Crippen MR) is 260 cm³/mol. The molecule has 60 heavy (non-hydrogen) atoms. The molecule has 0 aromatic heterocycles. The molecule has 0 saturated carbocycles. The van der Waals surface area contributed by atoms with Crippen LogP contribution in [0.2, 0.25) is 0 Å². The van der Waals surface area contributed by atoms with Crippen LogP contribution in [0.4, 0.5) is 0 Å². The molecule has 1 amide bonds. The Morgan fingerprint density at radius 1 is 0.450 bits per heavy atom. The lowest BCUT2D eigenvalue weighted by molar-refractivity contribution is -0.143. The minimum atomic E-state index is -0.675. The summed E-state index contributed by atoms with van der Waals surface area (Å²) in [5.41, 5.74) is 0.